The van der Waals surface area contributed by atoms with E-state index in [1.807, 2.05) is 0 Å². The van der Waals surface area contributed by atoms with Crippen molar-refractivity contribution in [3.63, 3.8) is 0 Å². The Kier molecular flexibility index (Phi) is 27.2. The summed E-state index contributed by atoms with van der Waals surface area (Å²) in [7, 11) is 0. The Morgan fingerprint density at radius 2 is 1.44 bits per heavy atom. The molecule has 0 nitrogen and oxygen atoms in total. The molecule has 101 valence electrons. The molecule has 0 fully saturated rings. The van der Waals surface area contributed by atoms with Crippen LogP contribution in [0.1, 0.15) is 67.2 Å². The summed E-state index contributed by atoms with van der Waals surface area (Å²) in [5.74, 6) is 2.35. The van der Waals surface area contributed by atoms with Crippen LogP contribution >= 0.6 is 0 Å². The minimum atomic E-state index is 0. The molecule has 0 aliphatic heterocycles. The van der Waals surface area contributed by atoms with Crippen LogP contribution in [0.3, 0.4) is 0 Å². The molecule has 0 aromatic rings. The fourth-order valence-corrected chi connectivity index (χ4v) is 1.40. The van der Waals surface area contributed by atoms with Crippen molar-refractivity contribution in [3.8, 4) is 0 Å². The summed E-state index contributed by atoms with van der Waals surface area (Å²) in [4.78, 5) is 0. The number of rotatable bonds is 8. The second-order valence-corrected chi connectivity index (χ2v) is 5.70. The van der Waals surface area contributed by atoms with Crippen LogP contribution in [0, 0.1) is 30.1 Å². The molecule has 0 saturated carbocycles. The van der Waals surface area contributed by atoms with Crippen LogP contribution < -0.4 is 0 Å². The predicted octanol–water partition coefficient (Wildman–Crippen LogP) is 5.24. The van der Waals surface area contributed by atoms with Crippen molar-refractivity contribution in [1.82, 2.24) is 0 Å². The van der Waals surface area contributed by atoms with Gasteiger partial charge in [0.2, 0.25) is 0 Å². The van der Waals surface area contributed by atoms with Crippen molar-refractivity contribution < 1.29 is 98.1 Å². The van der Waals surface area contributed by atoms with Crippen molar-refractivity contribution in [1.29, 1.82) is 0 Å². The Labute approximate surface area is 192 Å². The van der Waals surface area contributed by atoms with E-state index in [0.29, 0.717) is 5.41 Å². The fourth-order valence-electron chi connectivity index (χ4n) is 1.40. The monoisotopic (exact) mass is 476 g/mol. The summed E-state index contributed by atoms with van der Waals surface area (Å²) in [6.45, 7) is 13.8. The molecule has 0 rings (SSSR count). The van der Waals surface area contributed by atoms with Crippen molar-refractivity contribution in [2.24, 2.45) is 11.3 Å². The van der Waals surface area contributed by atoms with Crippen LogP contribution in [0.2, 0.25) is 0 Å². The first-order valence-electron chi connectivity index (χ1n) is 6.34. The first-order valence-corrected chi connectivity index (χ1v) is 6.34. The van der Waals surface area contributed by atoms with Gasteiger partial charge in [0.1, 0.15) is 0 Å². The van der Waals surface area contributed by atoms with E-state index in [0.717, 1.165) is 5.92 Å². The standard InChI is InChI=1S/C15H29.3Y/c1-7-8-10-14(4)11-9-12-15(5,6)13(2)3;;;/h8-9,13H,7,10-12H2,1-6H3;;;/q-3;;;. The van der Waals surface area contributed by atoms with E-state index < -0.39 is 0 Å². The summed E-state index contributed by atoms with van der Waals surface area (Å²) >= 11 is 0. The van der Waals surface area contributed by atoms with Gasteiger partial charge in [-0.2, -0.15) is 19.8 Å². The topological polar surface area (TPSA) is 0 Å². The number of hydrogen-bond donors (Lipinski definition) is 0. The summed E-state index contributed by atoms with van der Waals surface area (Å²) < 4.78 is 0. The van der Waals surface area contributed by atoms with Gasteiger partial charge < -0.3 is 31.6 Å². The summed E-state index contributed by atoms with van der Waals surface area (Å²) in [6, 6.07) is 0. The molecule has 3 heteroatoms. The van der Waals surface area contributed by atoms with Gasteiger partial charge in [0.25, 0.3) is 0 Å². The third kappa shape index (κ3) is 15.7. The average molecular weight is 476 g/mol. The van der Waals surface area contributed by atoms with Crippen molar-refractivity contribution in [2.75, 3.05) is 0 Å². The van der Waals surface area contributed by atoms with Crippen molar-refractivity contribution in [2.45, 2.75) is 67.2 Å². The van der Waals surface area contributed by atoms with E-state index in [4.69, 9.17) is 0 Å². The van der Waals surface area contributed by atoms with Crippen LogP contribution in [0.5, 0.6) is 0 Å². The van der Waals surface area contributed by atoms with Crippen LogP contribution in [-0.2, 0) is 98.1 Å². The van der Waals surface area contributed by atoms with Crippen molar-refractivity contribution >= 4 is 0 Å². The molecule has 0 aliphatic carbocycles. The molecule has 0 amide bonds. The van der Waals surface area contributed by atoms with Gasteiger partial charge >= 0.3 is 0 Å². The molecule has 0 unspecified atom stereocenters. The zero-order valence-electron chi connectivity index (χ0n) is 13.3. The third-order valence-corrected chi connectivity index (χ3v) is 3.51. The zero-order valence-corrected chi connectivity index (χ0v) is 21.8. The van der Waals surface area contributed by atoms with E-state index in [-0.39, 0.29) is 98.1 Å². The first-order chi connectivity index (χ1) is 6.90. The zero-order chi connectivity index (χ0) is 11.9. The maximum absolute atomic E-state index is 2.46. The van der Waals surface area contributed by atoms with Gasteiger partial charge in [-0.25, -0.2) is 0 Å². The van der Waals surface area contributed by atoms with E-state index in [2.05, 4.69) is 54.4 Å². The Hall–Kier alpha value is 3.31. The van der Waals surface area contributed by atoms with Crippen LogP contribution in [-0.4, -0.2) is 0 Å². The molecule has 0 atom stereocenters. The first kappa shape index (κ1) is 29.3. The molecule has 0 N–H and O–H groups in total. The van der Waals surface area contributed by atoms with Gasteiger partial charge in [-0.1, -0.05) is 40.0 Å². The van der Waals surface area contributed by atoms with Crippen LogP contribution in [0.15, 0.2) is 0 Å². The summed E-state index contributed by atoms with van der Waals surface area (Å²) in [5.41, 5.74) is 0.453. The van der Waals surface area contributed by atoms with Gasteiger partial charge in [0, 0.05) is 98.1 Å². The minimum Gasteiger partial charge on any atom is -0.374 e. The van der Waals surface area contributed by atoms with Gasteiger partial charge in [-0.3, -0.25) is 0 Å². The normalized spacial score (nSPS) is 10.7. The molecule has 0 heterocycles. The molecule has 0 saturated heterocycles. The van der Waals surface area contributed by atoms with Crippen LogP contribution in [0.25, 0.3) is 0 Å². The maximum Gasteiger partial charge on any atom is 0 e. The second-order valence-electron chi connectivity index (χ2n) is 5.70. The molecule has 0 aromatic carbocycles. The van der Waals surface area contributed by atoms with Crippen molar-refractivity contribution in [3.05, 3.63) is 18.8 Å². The fraction of sp³-hybridized carbons (Fsp3) is 0.800. The smallest absolute Gasteiger partial charge is 0 e. The summed E-state index contributed by atoms with van der Waals surface area (Å²) in [5, 5.41) is 0. The molecule has 18 heavy (non-hydrogen) atoms. The second kappa shape index (κ2) is 16.7. The SMILES string of the molecule is CC[CH-]C[C-](C)C[CH-]CC(C)(C)C(C)C.[Y].[Y].[Y]. The Bertz CT molecular complexity index is 156. The largest absolute Gasteiger partial charge is 0.374 e. The number of hydrogen-bond acceptors (Lipinski definition) is 0. The van der Waals surface area contributed by atoms with Gasteiger partial charge in [0.15, 0.2) is 0 Å². The Morgan fingerprint density at radius 1 is 1.00 bits per heavy atom. The molecule has 0 aromatic heterocycles. The minimum absolute atomic E-state index is 0. The molecular formula is C15H29Y3-3. The summed E-state index contributed by atoms with van der Waals surface area (Å²) in [6.07, 6.45) is 9.61. The van der Waals surface area contributed by atoms with E-state index >= 15 is 0 Å². The van der Waals surface area contributed by atoms with Gasteiger partial charge in [-0.05, 0) is 5.92 Å². The van der Waals surface area contributed by atoms with E-state index in [1.54, 1.807) is 5.92 Å². The van der Waals surface area contributed by atoms with Gasteiger partial charge in [0.05, 0.1) is 0 Å². The quantitative estimate of drug-likeness (QED) is 0.421. The Balaban J connectivity index is -0.000000327. The molecule has 3 radical (unpaired) electrons. The van der Waals surface area contributed by atoms with Gasteiger partial charge in [-0.15, -0.1) is 0 Å². The number of unbranched alkanes of at least 4 members (excludes halogenated alkanes) is 1. The maximum atomic E-state index is 2.46. The predicted molar refractivity (Wildman–Crippen MR) is 70.3 cm³/mol. The molecule has 0 bridgehead atoms. The average Bonchev–Trinajstić information content (AvgIpc) is 2.14. The van der Waals surface area contributed by atoms with E-state index in [9.17, 15) is 0 Å². The van der Waals surface area contributed by atoms with Crippen LogP contribution in [0.4, 0.5) is 0 Å². The molecular weight excluding hydrogens is 447 g/mol. The third-order valence-electron chi connectivity index (χ3n) is 3.51. The molecule has 0 aliphatic rings. The van der Waals surface area contributed by atoms with E-state index in [1.165, 1.54) is 25.7 Å². The Morgan fingerprint density at radius 3 is 1.83 bits per heavy atom. The molecule has 0 spiro atoms.